The Morgan fingerprint density at radius 1 is 1.19 bits per heavy atom. The fraction of sp³-hybridized carbons (Fsp3) is 0.600. The molecule has 0 aliphatic carbocycles. The Bertz CT molecular complexity index is 916. The smallest absolute Gasteiger partial charge is 0.365 e. The number of hydrogen-bond acceptors (Lipinski definition) is 4. The highest BCUT2D eigenvalue weighted by Crippen LogP contribution is 2.38. The summed E-state index contributed by atoms with van der Waals surface area (Å²) in [5.74, 6) is -0.0221. The van der Waals surface area contributed by atoms with Crippen LogP contribution in [0.3, 0.4) is 0 Å². The van der Waals surface area contributed by atoms with Crippen LogP contribution in [-0.4, -0.2) is 36.1 Å². The molecule has 2 aromatic rings. The topological polar surface area (TPSA) is 42.4 Å². The summed E-state index contributed by atoms with van der Waals surface area (Å²) in [7, 11) is 0. The van der Waals surface area contributed by atoms with Crippen molar-refractivity contribution < 1.29 is 22.7 Å². The second-order valence-corrected chi connectivity index (χ2v) is 8.88. The number of halogens is 3. The Hall–Kier alpha value is -2.15. The fourth-order valence-corrected chi connectivity index (χ4v) is 4.48. The van der Waals surface area contributed by atoms with Crippen molar-refractivity contribution in [3.63, 3.8) is 0 Å². The molecule has 3 rings (SSSR count). The van der Waals surface area contributed by atoms with E-state index in [1.54, 1.807) is 12.1 Å². The number of hydrogen-bond donors (Lipinski definition) is 0. The molecule has 1 aromatic heterocycles. The number of ether oxygens (including phenoxy) is 1. The lowest BCUT2D eigenvalue weighted by Gasteiger charge is -2.39. The Labute approximate surface area is 188 Å². The first kappa shape index (κ1) is 24.5. The second-order valence-electron chi connectivity index (χ2n) is 8.88. The standard InChI is InChI=1S/C25H33F3N2O2/c1-4-5-6-7-8-10-17(2)24(31)22-16-30(15-18(3)32-22)21-13-12-20(25(26,27)28)23-19(21)11-9-14-29-23/h9,11-14,17-18,22H,4-8,10,15-16H2,1-3H3/t17?,18-,22-/m1/s1. The third kappa shape index (κ3) is 5.80. The normalized spacial score (nSPS) is 20.5. The van der Waals surface area contributed by atoms with Gasteiger partial charge in [0.15, 0.2) is 5.78 Å². The van der Waals surface area contributed by atoms with Gasteiger partial charge in [-0.15, -0.1) is 0 Å². The van der Waals surface area contributed by atoms with Crippen LogP contribution in [0, 0.1) is 5.92 Å². The van der Waals surface area contributed by atoms with Crippen molar-refractivity contribution in [2.75, 3.05) is 18.0 Å². The van der Waals surface area contributed by atoms with E-state index in [4.69, 9.17) is 4.74 Å². The maximum Gasteiger partial charge on any atom is 0.418 e. The minimum absolute atomic E-state index is 0.0695. The summed E-state index contributed by atoms with van der Waals surface area (Å²) in [6.07, 6.45) is 2.69. The Morgan fingerprint density at radius 3 is 2.66 bits per heavy atom. The van der Waals surface area contributed by atoms with E-state index in [1.807, 2.05) is 18.7 Å². The molecule has 0 saturated carbocycles. The van der Waals surface area contributed by atoms with Gasteiger partial charge < -0.3 is 9.64 Å². The molecule has 1 aliphatic rings. The lowest BCUT2D eigenvalue weighted by molar-refractivity contribution is -0.139. The van der Waals surface area contributed by atoms with Gasteiger partial charge in [0.25, 0.3) is 0 Å². The summed E-state index contributed by atoms with van der Waals surface area (Å²) in [6.45, 7) is 6.86. The molecule has 1 saturated heterocycles. The molecule has 7 heteroatoms. The van der Waals surface area contributed by atoms with E-state index in [9.17, 15) is 18.0 Å². The van der Waals surface area contributed by atoms with Crippen LogP contribution in [0.2, 0.25) is 0 Å². The number of unbranched alkanes of at least 4 members (excludes halogenated alkanes) is 4. The van der Waals surface area contributed by atoms with E-state index in [2.05, 4.69) is 11.9 Å². The fourth-order valence-electron chi connectivity index (χ4n) is 4.48. The molecule has 0 bridgehead atoms. The molecule has 1 aromatic carbocycles. The summed E-state index contributed by atoms with van der Waals surface area (Å²) in [6, 6.07) is 5.87. The molecule has 2 heterocycles. The molecule has 1 fully saturated rings. The predicted octanol–water partition coefficient (Wildman–Crippen LogP) is 6.41. The highest BCUT2D eigenvalue weighted by Gasteiger charge is 2.36. The summed E-state index contributed by atoms with van der Waals surface area (Å²) < 4.78 is 46.4. The van der Waals surface area contributed by atoms with Crippen LogP contribution < -0.4 is 4.90 Å². The van der Waals surface area contributed by atoms with Crippen molar-refractivity contribution >= 4 is 22.4 Å². The summed E-state index contributed by atoms with van der Waals surface area (Å²) in [4.78, 5) is 19.1. The molecular weight excluding hydrogens is 417 g/mol. The van der Waals surface area contributed by atoms with Crippen LogP contribution in [0.4, 0.5) is 18.9 Å². The van der Waals surface area contributed by atoms with Crippen LogP contribution in [0.15, 0.2) is 30.5 Å². The first-order valence-electron chi connectivity index (χ1n) is 11.6. The highest BCUT2D eigenvalue weighted by molar-refractivity contribution is 5.95. The number of rotatable bonds is 9. The zero-order valence-corrected chi connectivity index (χ0v) is 19.1. The van der Waals surface area contributed by atoms with Gasteiger partial charge in [0.05, 0.1) is 23.7 Å². The van der Waals surface area contributed by atoms with Gasteiger partial charge in [0.1, 0.15) is 6.10 Å². The Morgan fingerprint density at radius 2 is 1.94 bits per heavy atom. The third-order valence-corrected chi connectivity index (χ3v) is 6.20. The molecule has 0 amide bonds. The molecule has 0 radical (unpaired) electrons. The number of alkyl halides is 3. The molecule has 1 aliphatic heterocycles. The van der Waals surface area contributed by atoms with E-state index in [-0.39, 0.29) is 23.3 Å². The van der Waals surface area contributed by atoms with Crippen LogP contribution in [0.1, 0.15) is 64.9 Å². The van der Waals surface area contributed by atoms with Gasteiger partial charge >= 0.3 is 6.18 Å². The van der Waals surface area contributed by atoms with Gasteiger partial charge in [-0.2, -0.15) is 13.2 Å². The van der Waals surface area contributed by atoms with Crippen molar-refractivity contribution in [2.24, 2.45) is 5.92 Å². The quantitative estimate of drug-likeness (QED) is 0.414. The molecule has 1 unspecified atom stereocenters. The number of carbonyl (C=O) groups excluding carboxylic acids is 1. The second kappa shape index (κ2) is 10.6. The lowest BCUT2D eigenvalue weighted by Crippen LogP contribution is -2.51. The largest absolute Gasteiger partial charge is 0.418 e. The average molecular weight is 451 g/mol. The highest BCUT2D eigenvalue weighted by atomic mass is 19.4. The number of Topliss-reactive ketones (excluding diaryl/α,β-unsaturated/α-hetero) is 1. The predicted molar refractivity (Wildman–Crippen MR) is 121 cm³/mol. The Balaban J connectivity index is 1.77. The van der Waals surface area contributed by atoms with Gasteiger partial charge in [-0.1, -0.05) is 46.0 Å². The van der Waals surface area contributed by atoms with Crippen molar-refractivity contribution in [3.05, 3.63) is 36.0 Å². The summed E-state index contributed by atoms with van der Waals surface area (Å²) >= 11 is 0. The Kier molecular flexibility index (Phi) is 8.15. The van der Waals surface area contributed by atoms with Crippen molar-refractivity contribution in [3.8, 4) is 0 Å². The van der Waals surface area contributed by atoms with Crippen molar-refractivity contribution in [1.29, 1.82) is 0 Å². The number of fused-ring (bicyclic) bond motifs is 1. The van der Waals surface area contributed by atoms with Crippen molar-refractivity contribution in [2.45, 2.75) is 77.7 Å². The number of anilines is 1. The van der Waals surface area contributed by atoms with Crippen LogP contribution >= 0.6 is 0 Å². The van der Waals surface area contributed by atoms with Crippen molar-refractivity contribution in [1.82, 2.24) is 4.98 Å². The SMILES string of the molecule is CCCCCCCC(C)C(=O)[C@H]1CN(c2ccc(C(F)(F)F)c3ncccc23)C[C@@H](C)O1. The molecule has 4 nitrogen and oxygen atoms in total. The molecule has 0 N–H and O–H groups in total. The molecular formula is C25H33F3N2O2. The van der Waals surface area contributed by atoms with Gasteiger partial charge in [-0.05, 0) is 37.6 Å². The maximum atomic E-state index is 13.5. The van der Waals surface area contributed by atoms with E-state index >= 15 is 0 Å². The van der Waals surface area contributed by atoms with E-state index in [0.29, 0.717) is 24.2 Å². The van der Waals surface area contributed by atoms with Gasteiger partial charge in [0.2, 0.25) is 0 Å². The average Bonchev–Trinajstić information content (AvgIpc) is 2.76. The van der Waals surface area contributed by atoms with Gasteiger partial charge in [-0.25, -0.2) is 0 Å². The molecule has 176 valence electrons. The number of benzene rings is 1. The van der Waals surface area contributed by atoms with E-state index in [0.717, 1.165) is 25.3 Å². The number of pyridine rings is 1. The molecule has 0 spiro atoms. The van der Waals surface area contributed by atoms with E-state index < -0.39 is 17.8 Å². The number of ketones is 1. The minimum atomic E-state index is -4.48. The zero-order chi connectivity index (χ0) is 23.3. The molecule has 32 heavy (non-hydrogen) atoms. The monoisotopic (exact) mass is 450 g/mol. The lowest BCUT2D eigenvalue weighted by atomic mass is 9.93. The minimum Gasteiger partial charge on any atom is -0.365 e. The van der Waals surface area contributed by atoms with Crippen LogP contribution in [0.25, 0.3) is 10.9 Å². The maximum absolute atomic E-state index is 13.5. The first-order valence-corrected chi connectivity index (χ1v) is 11.6. The number of nitrogens with zero attached hydrogens (tertiary/aromatic N) is 2. The first-order chi connectivity index (χ1) is 15.2. The van der Waals surface area contributed by atoms with Gasteiger partial charge in [-0.3, -0.25) is 9.78 Å². The van der Waals surface area contributed by atoms with Crippen LogP contribution in [-0.2, 0) is 15.7 Å². The molecule has 3 atom stereocenters. The third-order valence-electron chi connectivity index (χ3n) is 6.20. The summed E-state index contributed by atoms with van der Waals surface area (Å²) in [5.41, 5.74) is -0.163. The number of morpholine rings is 1. The zero-order valence-electron chi connectivity index (χ0n) is 19.1. The summed E-state index contributed by atoms with van der Waals surface area (Å²) in [5, 5.41) is 0.437. The van der Waals surface area contributed by atoms with Crippen LogP contribution in [0.5, 0.6) is 0 Å². The van der Waals surface area contributed by atoms with Gasteiger partial charge in [0, 0.05) is 29.7 Å². The number of aromatic nitrogens is 1. The number of carbonyl (C=O) groups is 1. The van der Waals surface area contributed by atoms with E-state index in [1.165, 1.54) is 31.5 Å².